The van der Waals surface area contributed by atoms with Crippen LogP contribution in [-0.4, -0.2) is 28.9 Å². The van der Waals surface area contributed by atoms with Gasteiger partial charge in [-0.05, 0) is 43.4 Å². The van der Waals surface area contributed by atoms with Gasteiger partial charge in [-0.1, -0.05) is 36.4 Å². The normalized spacial score (nSPS) is 22.9. The average Bonchev–Trinajstić information content (AvgIpc) is 3.01. The van der Waals surface area contributed by atoms with E-state index in [9.17, 15) is 22.8 Å². The summed E-state index contributed by atoms with van der Waals surface area (Å²) in [5.74, 6) is -1.69. The molecule has 2 aromatic rings. The van der Waals surface area contributed by atoms with Gasteiger partial charge in [-0.2, -0.15) is 0 Å². The van der Waals surface area contributed by atoms with E-state index in [1.54, 1.807) is 4.90 Å². The molecule has 2 atom stereocenters. The maximum absolute atomic E-state index is 13.9. The van der Waals surface area contributed by atoms with Gasteiger partial charge < -0.3 is 9.64 Å². The Bertz CT molecular complexity index is 921. The number of piperidine rings is 1. The van der Waals surface area contributed by atoms with Crippen molar-refractivity contribution in [3.05, 3.63) is 71.0 Å². The fourth-order valence-electron chi connectivity index (χ4n) is 4.58. The maximum Gasteiger partial charge on any atom is 0.410 e. The molecule has 0 aromatic heterocycles. The molecule has 158 valence electrons. The number of Topliss-reactive ketones (excluding diaryl/α,β-unsaturated/α-hetero) is 1. The van der Waals surface area contributed by atoms with Gasteiger partial charge >= 0.3 is 6.09 Å². The Morgan fingerprint density at radius 3 is 2.30 bits per heavy atom. The summed E-state index contributed by atoms with van der Waals surface area (Å²) in [6.07, 6.45) is -0.803. The number of ketones is 1. The molecular weight excluding hydrogens is 395 g/mol. The highest BCUT2D eigenvalue weighted by Gasteiger charge is 2.46. The molecule has 2 unspecified atom stereocenters. The van der Waals surface area contributed by atoms with Gasteiger partial charge in [0.15, 0.2) is 5.78 Å². The number of benzene rings is 2. The zero-order valence-electron chi connectivity index (χ0n) is 16.3. The van der Waals surface area contributed by atoms with Gasteiger partial charge in [-0.25, -0.2) is 18.0 Å². The first kappa shape index (κ1) is 20.4. The van der Waals surface area contributed by atoms with E-state index in [1.807, 2.05) is 30.3 Å². The fourth-order valence-corrected chi connectivity index (χ4v) is 4.58. The number of hydrogen-bond acceptors (Lipinski definition) is 3. The van der Waals surface area contributed by atoms with Gasteiger partial charge in [0.2, 0.25) is 0 Å². The smallest absolute Gasteiger partial charge is 0.410 e. The molecule has 0 aliphatic carbocycles. The van der Waals surface area contributed by atoms with Crippen molar-refractivity contribution in [2.75, 3.05) is 0 Å². The van der Waals surface area contributed by atoms with Crippen molar-refractivity contribution in [1.29, 1.82) is 0 Å². The summed E-state index contributed by atoms with van der Waals surface area (Å²) in [5.41, 5.74) is 0.293. The van der Waals surface area contributed by atoms with Crippen molar-refractivity contribution in [2.24, 2.45) is 5.92 Å². The second-order valence-electron chi connectivity index (χ2n) is 7.90. The van der Waals surface area contributed by atoms with Crippen LogP contribution in [0.15, 0.2) is 48.5 Å². The minimum atomic E-state index is -2.92. The number of ether oxygens (including phenoxy) is 1. The predicted molar refractivity (Wildman–Crippen MR) is 104 cm³/mol. The minimum Gasteiger partial charge on any atom is -0.445 e. The first-order valence-corrected chi connectivity index (χ1v) is 10.0. The Morgan fingerprint density at radius 2 is 1.70 bits per heavy atom. The van der Waals surface area contributed by atoms with E-state index in [0.29, 0.717) is 12.8 Å². The molecule has 0 radical (unpaired) electrons. The predicted octanol–water partition coefficient (Wildman–Crippen LogP) is 5.53. The standard InChI is InChI=1S/C23H22F3NO3/c24-20-12-15(6-9-19(20)22(25)26)21(28)16-10-17-7-8-18(11-16)27(17)23(29)30-13-14-4-2-1-3-5-14/h1-6,9,12,16-18,22H,7-8,10-11,13H2. The fraction of sp³-hybridized carbons (Fsp3) is 0.391. The zero-order chi connectivity index (χ0) is 21.3. The van der Waals surface area contributed by atoms with Crippen LogP contribution in [0.1, 0.15) is 53.6 Å². The Morgan fingerprint density at radius 1 is 1.03 bits per heavy atom. The number of carbonyl (C=O) groups excluding carboxylic acids is 2. The van der Waals surface area contributed by atoms with Gasteiger partial charge in [-0.15, -0.1) is 0 Å². The molecule has 2 fully saturated rings. The minimum absolute atomic E-state index is 0.0985. The van der Waals surface area contributed by atoms with Crippen LogP contribution < -0.4 is 0 Å². The quantitative estimate of drug-likeness (QED) is 0.602. The summed E-state index contributed by atoms with van der Waals surface area (Å²) in [7, 11) is 0. The third-order valence-corrected chi connectivity index (χ3v) is 6.04. The van der Waals surface area contributed by atoms with Crippen LogP contribution in [0.5, 0.6) is 0 Å². The Hall–Kier alpha value is -2.83. The van der Waals surface area contributed by atoms with Crippen LogP contribution in [0.4, 0.5) is 18.0 Å². The van der Waals surface area contributed by atoms with Crippen molar-refractivity contribution in [2.45, 2.75) is 50.8 Å². The molecule has 4 rings (SSSR count). The van der Waals surface area contributed by atoms with Crippen molar-refractivity contribution in [3.8, 4) is 0 Å². The molecule has 1 amide bonds. The lowest BCUT2D eigenvalue weighted by Crippen LogP contribution is -2.48. The van der Waals surface area contributed by atoms with Crippen LogP contribution in [0.3, 0.4) is 0 Å². The number of nitrogens with zero attached hydrogens (tertiary/aromatic N) is 1. The SMILES string of the molecule is O=C(c1ccc(C(F)F)c(F)c1)C1CC2CCC(C1)N2C(=O)OCc1ccccc1. The lowest BCUT2D eigenvalue weighted by atomic mass is 9.84. The van der Waals surface area contributed by atoms with Crippen LogP contribution in [0.2, 0.25) is 0 Å². The first-order valence-electron chi connectivity index (χ1n) is 10.0. The van der Waals surface area contributed by atoms with E-state index in [1.165, 1.54) is 6.07 Å². The maximum atomic E-state index is 13.9. The Labute approximate surface area is 172 Å². The van der Waals surface area contributed by atoms with Crippen LogP contribution in [0, 0.1) is 11.7 Å². The van der Waals surface area contributed by atoms with Gasteiger partial charge in [0.1, 0.15) is 12.4 Å². The van der Waals surface area contributed by atoms with Crippen LogP contribution in [-0.2, 0) is 11.3 Å². The lowest BCUT2D eigenvalue weighted by molar-refractivity contribution is 0.0485. The number of hydrogen-bond donors (Lipinski definition) is 0. The summed E-state index contributed by atoms with van der Waals surface area (Å²) in [6, 6.07) is 12.3. The molecule has 0 N–H and O–H groups in total. The molecule has 7 heteroatoms. The zero-order valence-corrected chi connectivity index (χ0v) is 16.3. The van der Waals surface area contributed by atoms with Gasteiger partial charge in [0, 0.05) is 23.6 Å². The number of rotatable bonds is 5. The highest BCUT2D eigenvalue weighted by Crippen LogP contribution is 2.40. The highest BCUT2D eigenvalue weighted by atomic mass is 19.3. The van der Waals surface area contributed by atoms with E-state index < -0.39 is 17.8 Å². The monoisotopic (exact) mass is 417 g/mol. The van der Waals surface area contributed by atoms with E-state index in [4.69, 9.17) is 4.74 Å². The van der Waals surface area contributed by atoms with Crippen molar-refractivity contribution in [3.63, 3.8) is 0 Å². The summed E-state index contributed by atoms with van der Waals surface area (Å²) < 4.78 is 44.8. The van der Waals surface area contributed by atoms with Gasteiger partial charge in [0.25, 0.3) is 6.43 Å². The number of fused-ring (bicyclic) bond motifs is 2. The molecule has 2 aromatic carbocycles. The van der Waals surface area contributed by atoms with Crippen LogP contribution >= 0.6 is 0 Å². The van der Waals surface area contributed by atoms with E-state index in [2.05, 4.69) is 0 Å². The average molecular weight is 417 g/mol. The number of amides is 1. The molecule has 2 bridgehead atoms. The van der Waals surface area contributed by atoms with Crippen molar-refractivity contribution < 1.29 is 27.5 Å². The molecule has 0 saturated carbocycles. The summed E-state index contributed by atoms with van der Waals surface area (Å²) >= 11 is 0. The largest absolute Gasteiger partial charge is 0.445 e. The van der Waals surface area contributed by atoms with Crippen molar-refractivity contribution in [1.82, 2.24) is 4.90 Å². The number of halogens is 3. The molecule has 2 heterocycles. The molecular formula is C23H22F3NO3. The third kappa shape index (κ3) is 4.06. The lowest BCUT2D eigenvalue weighted by Gasteiger charge is -2.37. The summed E-state index contributed by atoms with van der Waals surface area (Å²) in [5, 5.41) is 0. The van der Waals surface area contributed by atoms with E-state index >= 15 is 0 Å². The van der Waals surface area contributed by atoms with Crippen LogP contribution in [0.25, 0.3) is 0 Å². The van der Waals surface area contributed by atoms with Gasteiger partial charge in [0.05, 0.1) is 5.56 Å². The number of alkyl halides is 2. The molecule has 4 nitrogen and oxygen atoms in total. The van der Waals surface area contributed by atoms with E-state index in [-0.39, 0.29) is 42.0 Å². The molecule has 0 spiro atoms. The van der Waals surface area contributed by atoms with E-state index in [0.717, 1.165) is 30.5 Å². The Kier molecular flexibility index (Phi) is 5.79. The topological polar surface area (TPSA) is 46.6 Å². The molecule has 2 saturated heterocycles. The second-order valence-corrected chi connectivity index (χ2v) is 7.90. The highest BCUT2D eigenvalue weighted by molar-refractivity contribution is 5.98. The molecule has 2 aliphatic heterocycles. The Balaban J connectivity index is 1.40. The molecule has 30 heavy (non-hydrogen) atoms. The summed E-state index contributed by atoms with van der Waals surface area (Å²) in [4.78, 5) is 27.2. The van der Waals surface area contributed by atoms with Gasteiger partial charge in [-0.3, -0.25) is 4.79 Å². The number of carbonyl (C=O) groups is 2. The second kappa shape index (κ2) is 8.50. The molecule has 2 aliphatic rings. The first-order chi connectivity index (χ1) is 14.4. The third-order valence-electron chi connectivity index (χ3n) is 6.04. The summed E-state index contributed by atoms with van der Waals surface area (Å²) in [6.45, 7) is 0.188. The van der Waals surface area contributed by atoms with Crippen molar-refractivity contribution >= 4 is 11.9 Å².